The van der Waals surface area contributed by atoms with Crippen LogP contribution in [0.3, 0.4) is 0 Å². The number of nitrogens with two attached hydrogens (primary N) is 1. The van der Waals surface area contributed by atoms with Crippen molar-refractivity contribution in [3.8, 4) is 0 Å². The lowest BCUT2D eigenvalue weighted by atomic mass is 10.2. The fraction of sp³-hybridized carbons (Fsp3) is 0.231. The first-order valence-corrected chi connectivity index (χ1v) is 7.42. The topological polar surface area (TPSA) is 50.9 Å². The highest BCUT2D eigenvalue weighted by atomic mass is 35.5. The van der Waals surface area contributed by atoms with Crippen LogP contribution < -0.4 is 11.1 Å². The summed E-state index contributed by atoms with van der Waals surface area (Å²) >= 11 is 12.8. The Morgan fingerprint density at radius 3 is 2.79 bits per heavy atom. The number of benzene rings is 1. The maximum atomic E-state index is 6.22. The molecule has 1 aromatic heterocycles. The third-order valence-corrected chi connectivity index (χ3v) is 4.33. The molecule has 1 atom stereocenters. The summed E-state index contributed by atoms with van der Waals surface area (Å²) in [7, 11) is 0. The monoisotopic (exact) mass is 311 g/mol. The predicted molar refractivity (Wildman–Crippen MR) is 86.2 cm³/mol. The third kappa shape index (κ3) is 3.43. The Morgan fingerprint density at radius 1 is 1.53 bits per heavy atom. The normalized spacial score (nSPS) is 12.2. The molecule has 0 saturated heterocycles. The van der Waals surface area contributed by atoms with Crippen molar-refractivity contribution in [3.05, 3.63) is 44.9 Å². The second kappa shape index (κ2) is 5.86. The van der Waals surface area contributed by atoms with Crippen molar-refractivity contribution in [1.29, 1.82) is 0 Å². The first-order chi connectivity index (χ1) is 8.97. The van der Waals surface area contributed by atoms with Gasteiger partial charge < -0.3 is 11.1 Å². The van der Waals surface area contributed by atoms with E-state index in [1.807, 2.05) is 24.4 Å². The van der Waals surface area contributed by atoms with Crippen LogP contribution in [0.25, 0.3) is 0 Å². The van der Waals surface area contributed by atoms with Crippen LogP contribution in [-0.4, -0.2) is 9.97 Å². The van der Waals surface area contributed by atoms with E-state index in [1.54, 1.807) is 17.4 Å². The van der Waals surface area contributed by atoms with Crippen molar-refractivity contribution >= 4 is 45.8 Å². The van der Waals surface area contributed by atoms with Gasteiger partial charge in [-0.2, -0.15) is 0 Å². The number of hydrogen-bond acceptors (Lipinski definition) is 4. The molecule has 100 valence electrons. The Hall–Kier alpha value is -1.17. The summed E-state index contributed by atoms with van der Waals surface area (Å²) in [5.74, 6) is 0. The molecule has 0 bridgehead atoms. The van der Waals surface area contributed by atoms with Gasteiger partial charge in [-0.1, -0.05) is 23.8 Å². The SMILES string of the molecule is Cc1csc(C(C)Nc2ccc(C(N)=S)cc2Cl)n1. The van der Waals surface area contributed by atoms with Gasteiger partial charge in [0.25, 0.3) is 0 Å². The van der Waals surface area contributed by atoms with Crippen LogP contribution in [0.1, 0.15) is 29.2 Å². The highest BCUT2D eigenvalue weighted by Gasteiger charge is 2.11. The molecule has 0 spiro atoms. The highest BCUT2D eigenvalue weighted by Crippen LogP contribution is 2.28. The second-order valence-electron chi connectivity index (χ2n) is 4.25. The Bertz CT molecular complexity index is 610. The standard InChI is InChI=1S/C13H14ClN3S2/c1-7-6-19-13(16-7)8(2)17-11-4-3-9(12(15)18)5-10(11)14/h3-6,8,17H,1-2H3,(H2,15,18). The quantitative estimate of drug-likeness (QED) is 0.841. The lowest BCUT2D eigenvalue weighted by Gasteiger charge is -2.14. The Morgan fingerprint density at radius 2 is 2.26 bits per heavy atom. The molecule has 2 rings (SSSR count). The number of rotatable bonds is 4. The van der Waals surface area contributed by atoms with Crippen LogP contribution >= 0.6 is 35.2 Å². The summed E-state index contributed by atoms with van der Waals surface area (Å²) in [4.78, 5) is 4.80. The average Bonchev–Trinajstić information content (AvgIpc) is 2.78. The number of thiazole rings is 1. The van der Waals surface area contributed by atoms with E-state index >= 15 is 0 Å². The van der Waals surface area contributed by atoms with Gasteiger partial charge in [0, 0.05) is 16.6 Å². The van der Waals surface area contributed by atoms with Gasteiger partial charge in [0.2, 0.25) is 0 Å². The van der Waals surface area contributed by atoms with E-state index in [1.165, 1.54) is 0 Å². The summed E-state index contributed by atoms with van der Waals surface area (Å²) in [6.45, 7) is 4.03. The van der Waals surface area contributed by atoms with E-state index in [0.29, 0.717) is 10.0 Å². The summed E-state index contributed by atoms with van der Waals surface area (Å²) in [6.07, 6.45) is 0. The Labute approximate surface area is 126 Å². The molecule has 3 nitrogen and oxygen atoms in total. The molecule has 0 radical (unpaired) electrons. The molecule has 0 saturated carbocycles. The number of hydrogen-bond donors (Lipinski definition) is 2. The molecular formula is C13H14ClN3S2. The number of nitrogens with one attached hydrogen (secondary N) is 1. The van der Waals surface area contributed by atoms with Gasteiger partial charge in [0.05, 0.1) is 16.8 Å². The zero-order valence-electron chi connectivity index (χ0n) is 10.6. The molecule has 3 N–H and O–H groups in total. The number of halogens is 1. The lowest BCUT2D eigenvalue weighted by Crippen LogP contribution is -2.10. The van der Waals surface area contributed by atoms with Gasteiger partial charge in [-0.15, -0.1) is 11.3 Å². The van der Waals surface area contributed by atoms with Crippen LogP contribution in [-0.2, 0) is 0 Å². The van der Waals surface area contributed by atoms with Crippen molar-refractivity contribution in [2.75, 3.05) is 5.32 Å². The van der Waals surface area contributed by atoms with Crippen LogP contribution in [0.5, 0.6) is 0 Å². The number of anilines is 1. The maximum absolute atomic E-state index is 6.22. The number of aryl methyl sites for hydroxylation is 1. The summed E-state index contributed by atoms with van der Waals surface area (Å²) in [5, 5.41) is 7.01. The molecule has 0 aliphatic carbocycles. The van der Waals surface area contributed by atoms with Gasteiger partial charge >= 0.3 is 0 Å². The van der Waals surface area contributed by atoms with Crippen LogP contribution in [0.15, 0.2) is 23.6 Å². The molecule has 0 fully saturated rings. The van der Waals surface area contributed by atoms with Gasteiger partial charge in [0.15, 0.2) is 0 Å². The van der Waals surface area contributed by atoms with Crippen molar-refractivity contribution in [3.63, 3.8) is 0 Å². The minimum Gasteiger partial charge on any atom is -0.389 e. The molecule has 0 aliphatic rings. The third-order valence-electron chi connectivity index (χ3n) is 2.63. The molecule has 6 heteroatoms. The van der Waals surface area contributed by atoms with E-state index in [2.05, 4.69) is 17.2 Å². The van der Waals surface area contributed by atoms with Crippen LogP contribution in [0.4, 0.5) is 5.69 Å². The number of nitrogens with zero attached hydrogens (tertiary/aromatic N) is 1. The fourth-order valence-electron chi connectivity index (χ4n) is 1.65. The van der Waals surface area contributed by atoms with E-state index < -0.39 is 0 Å². The van der Waals surface area contributed by atoms with Gasteiger partial charge in [-0.3, -0.25) is 0 Å². The number of thiocarbonyl (C=S) groups is 1. The minimum atomic E-state index is 0.104. The molecule has 19 heavy (non-hydrogen) atoms. The summed E-state index contributed by atoms with van der Waals surface area (Å²) in [6, 6.07) is 5.61. The lowest BCUT2D eigenvalue weighted by molar-refractivity contribution is 0.864. The van der Waals surface area contributed by atoms with Crippen LogP contribution in [0.2, 0.25) is 5.02 Å². The summed E-state index contributed by atoms with van der Waals surface area (Å²) < 4.78 is 0. The molecular weight excluding hydrogens is 298 g/mol. The van der Waals surface area contributed by atoms with Gasteiger partial charge in [0.1, 0.15) is 10.00 Å². The van der Waals surface area contributed by atoms with E-state index in [-0.39, 0.29) is 6.04 Å². The van der Waals surface area contributed by atoms with Crippen LogP contribution in [0, 0.1) is 6.92 Å². The average molecular weight is 312 g/mol. The molecule has 0 aliphatic heterocycles. The van der Waals surface area contributed by atoms with Crippen molar-refractivity contribution < 1.29 is 0 Å². The predicted octanol–water partition coefficient (Wildman–Crippen LogP) is 3.91. The molecule has 2 aromatic rings. The molecule has 0 amide bonds. The van der Waals surface area contributed by atoms with Gasteiger partial charge in [-0.25, -0.2) is 4.98 Å². The zero-order valence-corrected chi connectivity index (χ0v) is 13.0. The fourth-order valence-corrected chi connectivity index (χ4v) is 2.82. The van der Waals surface area contributed by atoms with E-state index in [9.17, 15) is 0 Å². The summed E-state index contributed by atoms with van der Waals surface area (Å²) in [5.41, 5.74) is 8.22. The van der Waals surface area contributed by atoms with Crippen molar-refractivity contribution in [2.45, 2.75) is 19.9 Å². The molecule has 1 unspecified atom stereocenters. The second-order valence-corrected chi connectivity index (χ2v) is 5.99. The number of aromatic nitrogens is 1. The van der Waals surface area contributed by atoms with E-state index in [4.69, 9.17) is 29.6 Å². The minimum absolute atomic E-state index is 0.104. The molecule has 1 aromatic carbocycles. The van der Waals surface area contributed by atoms with E-state index in [0.717, 1.165) is 22.0 Å². The first kappa shape index (κ1) is 14.2. The smallest absolute Gasteiger partial charge is 0.115 e. The van der Waals surface area contributed by atoms with Crippen molar-refractivity contribution in [2.24, 2.45) is 5.73 Å². The van der Waals surface area contributed by atoms with Crippen molar-refractivity contribution in [1.82, 2.24) is 4.98 Å². The highest BCUT2D eigenvalue weighted by molar-refractivity contribution is 7.80. The molecule has 1 heterocycles. The Kier molecular flexibility index (Phi) is 4.39. The first-order valence-electron chi connectivity index (χ1n) is 5.75. The maximum Gasteiger partial charge on any atom is 0.115 e. The van der Waals surface area contributed by atoms with Gasteiger partial charge in [-0.05, 0) is 32.0 Å². The Balaban J connectivity index is 2.17. The largest absolute Gasteiger partial charge is 0.389 e. The zero-order chi connectivity index (χ0) is 14.0.